The lowest BCUT2D eigenvalue weighted by Gasteiger charge is -2.06. The summed E-state index contributed by atoms with van der Waals surface area (Å²) in [6.45, 7) is 2.32. The van der Waals surface area contributed by atoms with E-state index in [2.05, 4.69) is 34.3 Å². The predicted molar refractivity (Wildman–Crippen MR) is 97.8 cm³/mol. The molecule has 0 bridgehead atoms. The molecule has 0 aliphatic heterocycles. The molecule has 4 rings (SSSR count). The highest BCUT2D eigenvalue weighted by Gasteiger charge is 2.20. The molecule has 1 fully saturated rings. The van der Waals surface area contributed by atoms with Crippen molar-refractivity contribution >= 4 is 5.82 Å². The Bertz CT molecular complexity index is 837. The first kappa shape index (κ1) is 15.8. The number of nitrogen functional groups attached to an aromatic ring is 1. The number of hydrogen-bond donors (Lipinski definition) is 1. The van der Waals surface area contributed by atoms with Crippen LogP contribution in [-0.2, 0) is 17.9 Å². The maximum atomic E-state index is 5.93. The van der Waals surface area contributed by atoms with Crippen LogP contribution >= 0.6 is 0 Å². The van der Waals surface area contributed by atoms with E-state index >= 15 is 0 Å². The molecular formula is C20H22N4O. The zero-order valence-corrected chi connectivity index (χ0v) is 14.1. The molecule has 0 saturated heterocycles. The monoisotopic (exact) mass is 334 g/mol. The van der Waals surface area contributed by atoms with Gasteiger partial charge in [-0.25, -0.2) is 4.98 Å². The SMILES string of the molecule is Nc1ncccc1-c1cnn(Cc2ccc(COCC3CC3)cc2)c1. The van der Waals surface area contributed by atoms with E-state index < -0.39 is 0 Å². The minimum absolute atomic E-state index is 0.526. The number of benzene rings is 1. The van der Waals surface area contributed by atoms with Gasteiger partial charge in [-0.1, -0.05) is 24.3 Å². The summed E-state index contributed by atoms with van der Waals surface area (Å²) in [4.78, 5) is 4.13. The number of pyridine rings is 1. The Morgan fingerprint density at radius 2 is 1.92 bits per heavy atom. The highest BCUT2D eigenvalue weighted by molar-refractivity contribution is 5.72. The number of rotatable bonds is 7. The van der Waals surface area contributed by atoms with Crippen LogP contribution in [0, 0.1) is 5.92 Å². The summed E-state index contributed by atoms with van der Waals surface area (Å²) in [5.41, 5.74) is 10.3. The molecule has 0 unspecified atom stereocenters. The van der Waals surface area contributed by atoms with E-state index in [1.807, 2.05) is 29.2 Å². The molecule has 1 aliphatic carbocycles. The van der Waals surface area contributed by atoms with E-state index in [0.717, 1.165) is 30.2 Å². The third kappa shape index (κ3) is 4.06. The molecule has 1 saturated carbocycles. The van der Waals surface area contributed by atoms with Crippen molar-refractivity contribution in [3.8, 4) is 11.1 Å². The van der Waals surface area contributed by atoms with Gasteiger partial charge in [-0.2, -0.15) is 5.10 Å². The number of ether oxygens (including phenoxy) is 1. The molecule has 2 N–H and O–H groups in total. The molecule has 2 heterocycles. The van der Waals surface area contributed by atoms with E-state index in [0.29, 0.717) is 12.4 Å². The van der Waals surface area contributed by atoms with E-state index in [9.17, 15) is 0 Å². The van der Waals surface area contributed by atoms with Crippen LogP contribution in [0.2, 0.25) is 0 Å². The van der Waals surface area contributed by atoms with Gasteiger partial charge >= 0.3 is 0 Å². The van der Waals surface area contributed by atoms with Crippen molar-refractivity contribution < 1.29 is 4.74 Å². The van der Waals surface area contributed by atoms with E-state index in [4.69, 9.17) is 10.5 Å². The van der Waals surface area contributed by atoms with Gasteiger partial charge in [-0.05, 0) is 42.0 Å². The molecule has 5 heteroatoms. The van der Waals surface area contributed by atoms with Crippen LogP contribution in [0.15, 0.2) is 55.0 Å². The standard InChI is InChI=1S/C20H22N4O/c21-20-19(2-1-9-22-20)18-10-23-24(12-18)11-15-3-5-16(6-4-15)13-25-14-17-7-8-17/h1-6,9-10,12,17H,7-8,11,13-14H2,(H2,21,22). The summed E-state index contributed by atoms with van der Waals surface area (Å²) < 4.78 is 7.65. The first-order valence-corrected chi connectivity index (χ1v) is 8.67. The summed E-state index contributed by atoms with van der Waals surface area (Å²) in [6, 6.07) is 12.4. The van der Waals surface area contributed by atoms with E-state index in [-0.39, 0.29) is 0 Å². The molecule has 0 radical (unpaired) electrons. The number of nitrogens with two attached hydrogens (primary N) is 1. The maximum Gasteiger partial charge on any atom is 0.131 e. The van der Waals surface area contributed by atoms with Crippen LogP contribution in [0.5, 0.6) is 0 Å². The zero-order chi connectivity index (χ0) is 17.1. The second kappa shape index (κ2) is 7.07. The van der Waals surface area contributed by atoms with Crippen LogP contribution < -0.4 is 5.73 Å². The van der Waals surface area contributed by atoms with Crippen molar-refractivity contribution in [3.63, 3.8) is 0 Å². The Labute approximate surface area is 147 Å². The van der Waals surface area contributed by atoms with Crippen molar-refractivity contribution in [1.29, 1.82) is 0 Å². The van der Waals surface area contributed by atoms with Crippen LogP contribution in [0.25, 0.3) is 11.1 Å². The van der Waals surface area contributed by atoms with Gasteiger partial charge in [0, 0.05) is 30.1 Å². The molecule has 1 aromatic carbocycles. The largest absolute Gasteiger partial charge is 0.383 e. The van der Waals surface area contributed by atoms with Crippen LogP contribution in [-0.4, -0.2) is 21.4 Å². The lowest BCUT2D eigenvalue weighted by molar-refractivity contribution is 0.111. The van der Waals surface area contributed by atoms with Crippen molar-refractivity contribution in [3.05, 3.63) is 66.1 Å². The fraction of sp³-hybridized carbons (Fsp3) is 0.300. The number of nitrogens with zero attached hydrogens (tertiary/aromatic N) is 3. The summed E-state index contributed by atoms with van der Waals surface area (Å²) in [5, 5.41) is 4.44. The average molecular weight is 334 g/mol. The molecular weight excluding hydrogens is 312 g/mol. The second-order valence-corrected chi connectivity index (χ2v) is 6.64. The summed E-state index contributed by atoms with van der Waals surface area (Å²) in [7, 11) is 0. The summed E-state index contributed by atoms with van der Waals surface area (Å²) >= 11 is 0. The Balaban J connectivity index is 1.38. The first-order valence-electron chi connectivity index (χ1n) is 8.67. The van der Waals surface area contributed by atoms with E-state index in [1.54, 1.807) is 6.20 Å². The lowest BCUT2D eigenvalue weighted by atomic mass is 10.1. The Hall–Kier alpha value is -2.66. The van der Waals surface area contributed by atoms with Crippen LogP contribution in [0.3, 0.4) is 0 Å². The highest BCUT2D eigenvalue weighted by Crippen LogP contribution is 2.29. The van der Waals surface area contributed by atoms with Crippen molar-refractivity contribution in [2.75, 3.05) is 12.3 Å². The number of anilines is 1. The average Bonchev–Trinajstić information content (AvgIpc) is 3.34. The molecule has 5 nitrogen and oxygen atoms in total. The lowest BCUT2D eigenvalue weighted by Crippen LogP contribution is -2.01. The van der Waals surface area contributed by atoms with Crippen LogP contribution in [0.4, 0.5) is 5.82 Å². The third-order valence-corrected chi connectivity index (χ3v) is 4.47. The van der Waals surface area contributed by atoms with Gasteiger partial charge in [0.25, 0.3) is 0 Å². The van der Waals surface area contributed by atoms with Gasteiger partial charge < -0.3 is 10.5 Å². The van der Waals surface area contributed by atoms with Crippen molar-refractivity contribution in [1.82, 2.24) is 14.8 Å². The van der Waals surface area contributed by atoms with Gasteiger partial charge in [-0.3, -0.25) is 4.68 Å². The van der Waals surface area contributed by atoms with Gasteiger partial charge in [0.1, 0.15) is 5.82 Å². The fourth-order valence-electron chi connectivity index (χ4n) is 2.81. The third-order valence-electron chi connectivity index (χ3n) is 4.47. The minimum Gasteiger partial charge on any atom is -0.383 e. The van der Waals surface area contributed by atoms with Crippen LogP contribution in [0.1, 0.15) is 24.0 Å². The molecule has 0 spiro atoms. The smallest absolute Gasteiger partial charge is 0.131 e. The molecule has 3 aromatic rings. The fourth-order valence-corrected chi connectivity index (χ4v) is 2.81. The number of aromatic nitrogens is 3. The normalized spacial score (nSPS) is 13.9. The van der Waals surface area contributed by atoms with Gasteiger partial charge in [0.2, 0.25) is 0 Å². The summed E-state index contributed by atoms with van der Waals surface area (Å²) in [6.07, 6.45) is 8.18. The van der Waals surface area contributed by atoms with Gasteiger partial charge in [0.05, 0.1) is 19.3 Å². The first-order chi connectivity index (χ1) is 12.3. The number of hydrogen-bond acceptors (Lipinski definition) is 4. The molecule has 128 valence electrons. The highest BCUT2D eigenvalue weighted by atomic mass is 16.5. The Morgan fingerprint density at radius 3 is 2.68 bits per heavy atom. The van der Waals surface area contributed by atoms with Crippen molar-refractivity contribution in [2.24, 2.45) is 5.92 Å². The Morgan fingerprint density at radius 1 is 1.12 bits per heavy atom. The predicted octanol–water partition coefficient (Wildman–Crippen LogP) is 3.50. The minimum atomic E-state index is 0.526. The van der Waals surface area contributed by atoms with Crippen molar-refractivity contribution in [2.45, 2.75) is 26.0 Å². The second-order valence-electron chi connectivity index (χ2n) is 6.64. The quantitative estimate of drug-likeness (QED) is 0.718. The zero-order valence-electron chi connectivity index (χ0n) is 14.1. The topological polar surface area (TPSA) is 66.0 Å². The molecule has 0 atom stereocenters. The molecule has 0 amide bonds. The molecule has 2 aromatic heterocycles. The maximum absolute atomic E-state index is 5.93. The van der Waals surface area contributed by atoms with Gasteiger partial charge in [-0.15, -0.1) is 0 Å². The molecule has 1 aliphatic rings. The summed E-state index contributed by atoms with van der Waals surface area (Å²) in [5.74, 6) is 1.33. The van der Waals surface area contributed by atoms with E-state index in [1.165, 1.54) is 24.0 Å². The van der Waals surface area contributed by atoms with Gasteiger partial charge in [0.15, 0.2) is 0 Å². The molecule has 25 heavy (non-hydrogen) atoms. The Kier molecular flexibility index (Phi) is 4.48.